The number of nitrogen functional groups attached to an aromatic ring is 1. The van der Waals surface area contributed by atoms with Gasteiger partial charge >= 0.3 is 5.97 Å². The fraction of sp³-hybridized carbons (Fsp3) is 0.100. The first-order chi connectivity index (χ1) is 6.72. The van der Waals surface area contributed by atoms with Crippen LogP contribution in [0.5, 0.6) is 0 Å². The molecule has 2 aromatic rings. The van der Waals surface area contributed by atoms with E-state index in [2.05, 4.69) is 4.74 Å². The second-order valence-corrected chi connectivity index (χ2v) is 3.95. The number of fused-ring (bicyclic) bond motifs is 1. The van der Waals surface area contributed by atoms with Gasteiger partial charge in [0.15, 0.2) is 0 Å². The number of nitrogens with two attached hydrogens (primary N) is 1. The molecular formula is C10H10ClNO2S. The third kappa shape index (κ3) is 2.06. The molecule has 0 amide bonds. The summed E-state index contributed by atoms with van der Waals surface area (Å²) < 4.78 is 5.64. The summed E-state index contributed by atoms with van der Waals surface area (Å²) in [5, 5.41) is 0.915. The molecule has 0 spiro atoms. The number of carbonyl (C=O) groups excluding carboxylic acids is 1. The van der Waals surface area contributed by atoms with Gasteiger partial charge in [0.2, 0.25) is 0 Å². The molecule has 15 heavy (non-hydrogen) atoms. The smallest absolute Gasteiger partial charge is 0.348 e. The standard InChI is InChI=1S/C10H9NO2S.ClH/c1-13-10(12)9-5-6-7(11)3-2-4-8(6)14-9;/h2-5H,11H2,1H3;1H. The minimum absolute atomic E-state index is 0. The molecule has 0 unspecified atom stereocenters. The van der Waals surface area contributed by atoms with Crippen molar-refractivity contribution in [2.24, 2.45) is 0 Å². The van der Waals surface area contributed by atoms with Crippen LogP contribution in [0.4, 0.5) is 5.69 Å². The number of halogens is 1. The Morgan fingerprint density at radius 1 is 1.47 bits per heavy atom. The summed E-state index contributed by atoms with van der Waals surface area (Å²) in [5.74, 6) is -0.314. The lowest BCUT2D eigenvalue weighted by atomic mass is 10.2. The maximum Gasteiger partial charge on any atom is 0.348 e. The molecule has 2 rings (SSSR count). The van der Waals surface area contributed by atoms with E-state index in [-0.39, 0.29) is 18.4 Å². The lowest BCUT2D eigenvalue weighted by Gasteiger charge is -1.92. The number of rotatable bonds is 1. The van der Waals surface area contributed by atoms with E-state index in [1.165, 1.54) is 18.4 Å². The van der Waals surface area contributed by atoms with E-state index in [9.17, 15) is 4.79 Å². The third-order valence-electron chi connectivity index (χ3n) is 1.98. The van der Waals surface area contributed by atoms with Crippen molar-refractivity contribution in [3.8, 4) is 0 Å². The number of methoxy groups -OCH3 is 1. The average molecular weight is 244 g/mol. The molecule has 0 saturated heterocycles. The zero-order valence-corrected chi connectivity index (χ0v) is 9.65. The molecule has 0 bridgehead atoms. The highest BCUT2D eigenvalue weighted by Gasteiger charge is 2.10. The van der Waals surface area contributed by atoms with Gasteiger partial charge in [-0.2, -0.15) is 0 Å². The predicted molar refractivity (Wildman–Crippen MR) is 64.8 cm³/mol. The van der Waals surface area contributed by atoms with Crippen LogP contribution in [0.3, 0.4) is 0 Å². The molecule has 0 saturated carbocycles. The molecule has 0 aliphatic carbocycles. The summed E-state index contributed by atoms with van der Waals surface area (Å²) in [5.41, 5.74) is 6.45. The van der Waals surface area contributed by atoms with Crippen LogP contribution >= 0.6 is 23.7 Å². The van der Waals surface area contributed by atoms with E-state index in [0.29, 0.717) is 10.6 Å². The molecule has 1 aromatic heterocycles. The van der Waals surface area contributed by atoms with E-state index < -0.39 is 0 Å². The fourth-order valence-electron chi connectivity index (χ4n) is 1.28. The minimum atomic E-state index is -0.314. The molecule has 80 valence electrons. The van der Waals surface area contributed by atoms with E-state index in [1.54, 1.807) is 6.07 Å². The predicted octanol–water partition coefficient (Wildman–Crippen LogP) is 2.69. The Kier molecular flexibility index (Phi) is 3.55. The Morgan fingerprint density at radius 2 is 2.20 bits per heavy atom. The van der Waals surface area contributed by atoms with Crippen molar-refractivity contribution in [3.63, 3.8) is 0 Å². The Balaban J connectivity index is 0.00000112. The topological polar surface area (TPSA) is 52.3 Å². The Morgan fingerprint density at radius 3 is 2.80 bits per heavy atom. The number of esters is 1. The Labute approximate surface area is 97.3 Å². The van der Waals surface area contributed by atoms with Crippen LogP contribution in [0.2, 0.25) is 0 Å². The first kappa shape index (κ1) is 11.8. The van der Waals surface area contributed by atoms with Crippen LogP contribution in [0, 0.1) is 0 Å². The van der Waals surface area contributed by atoms with Gasteiger partial charge in [0.1, 0.15) is 4.88 Å². The largest absolute Gasteiger partial charge is 0.465 e. The molecule has 5 heteroatoms. The van der Waals surface area contributed by atoms with Crippen molar-refractivity contribution >= 4 is 45.5 Å². The van der Waals surface area contributed by atoms with Gasteiger partial charge < -0.3 is 10.5 Å². The van der Waals surface area contributed by atoms with Crippen molar-refractivity contribution in [2.75, 3.05) is 12.8 Å². The average Bonchev–Trinajstić information content (AvgIpc) is 2.62. The van der Waals surface area contributed by atoms with Crippen LogP contribution < -0.4 is 5.73 Å². The molecule has 0 aliphatic rings. The molecule has 0 aliphatic heterocycles. The molecule has 0 atom stereocenters. The molecule has 0 fully saturated rings. The first-order valence-corrected chi connectivity index (χ1v) is 4.90. The molecule has 2 N–H and O–H groups in total. The summed E-state index contributed by atoms with van der Waals surface area (Å²) in [6, 6.07) is 7.38. The van der Waals surface area contributed by atoms with Crippen molar-refractivity contribution in [1.82, 2.24) is 0 Å². The van der Waals surface area contributed by atoms with Gasteiger partial charge in [-0.05, 0) is 18.2 Å². The third-order valence-corrected chi connectivity index (χ3v) is 3.06. The van der Waals surface area contributed by atoms with Crippen LogP contribution in [0.15, 0.2) is 24.3 Å². The molecule has 0 radical (unpaired) electrons. The number of benzene rings is 1. The highest BCUT2D eigenvalue weighted by Crippen LogP contribution is 2.29. The summed E-state index contributed by atoms with van der Waals surface area (Å²) in [6.45, 7) is 0. The summed E-state index contributed by atoms with van der Waals surface area (Å²) in [7, 11) is 1.37. The zero-order valence-electron chi connectivity index (χ0n) is 8.02. The van der Waals surface area contributed by atoms with Crippen molar-refractivity contribution in [2.45, 2.75) is 0 Å². The van der Waals surface area contributed by atoms with Gasteiger partial charge in [0.05, 0.1) is 7.11 Å². The summed E-state index contributed by atoms with van der Waals surface area (Å²) in [6.07, 6.45) is 0. The zero-order chi connectivity index (χ0) is 10.1. The second-order valence-electron chi connectivity index (χ2n) is 2.86. The minimum Gasteiger partial charge on any atom is -0.465 e. The molecular weight excluding hydrogens is 234 g/mol. The van der Waals surface area contributed by atoms with Crippen molar-refractivity contribution < 1.29 is 9.53 Å². The number of hydrogen-bond donors (Lipinski definition) is 1. The van der Waals surface area contributed by atoms with E-state index >= 15 is 0 Å². The number of ether oxygens (including phenoxy) is 1. The van der Waals surface area contributed by atoms with Crippen molar-refractivity contribution in [3.05, 3.63) is 29.1 Å². The number of carbonyl (C=O) groups is 1. The highest BCUT2D eigenvalue weighted by molar-refractivity contribution is 7.20. The van der Waals surface area contributed by atoms with Crippen LogP contribution in [0.25, 0.3) is 10.1 Å². The first-order valence-electron chi connectivity index (χ1n) is 4.08. The van der Waals surface area contributed by atoms with Gasteiger partial charge in [-0.25, -0.2) is 4.79 Å². The Bertz CT molecular complexity index is 495. The van der Waals surface area contributed by atoms with Crippen LogP contribution in [-0.2, 0) is 4.74 Å². The van der Waals surface area contributed by atoms with Gasteiger partial charge in [0.25, 0.3) is 0 Å². The van der Waals surface area contributed by atoms with E-state index in [4.69, 9.17) is 5.73 Å². The monoisotopic (exact) mass is 243 g/mol. The molecule has 3 nitrogen and oxygen atoms in total. The summed E-state index contributed by atoms with van der Waals surface area (Å²) in [4.78, 5) is 11.8. The second kappa shape index (κ2) is 4.51. The maximum atomic E-state index is 11.2. The van der Waals surface area contributed by atoms with Crippen LogP contribution in [-0.4, -0.2) is 13.1 Å². The van der Waals surface area contributed by atoms with Gasteiger partial charge in [-0.1, -0.05) is 6.07 Å². The number of thiophene rings is 1. The van der Waals surface area contributed by atoms with Gasteiger partial charge in [0, 0.05) is 15.8 Å². The SMILES string of the molecule is COC(=O)c1cc2c(N)cccc2s1.Cl. The molecule has 1 aromatic carbocycles. The fourth-order valence-corrected chi connectivity index (χ4v) is 2.30. The Hall–Kier alpha value is -1.26. The van der Waals surface area contributed by atoms with Crippen LogP contribution in [0.1, 0.15) is 9.67 Å². The van der Waals surface area contributed by atoms with E-state index in [1.807, 2.05) is 18.2 Å². The highest BCUT2D eigenvalue weighted by atomic mass is 35.5. The number of hydrogen-bond acceptors (Lipinski definition) is 4. The normalized spacial score (nSPS) is 9.67. The van der Waals surface area contributed by atoms with Gasteiger partial charge in [-0.3, -0.25) is 0 Å². The molecule has 1 heterocycles. The van der Waals surface area contributed by atoms with E-state index in [0.717, 1.165) is 10.1 Å². The maximum absolute atomic E-state index is 11.2. The lowest BCUT2D eigenvalue weighted by Crippen LogP contribution is -1.96. The lowest BCUT2D eigenvalue weighted by molar-refractivity contribution is 0.0606. The quantitative estimate of drug-likeness (QED) is 0.619. The van der Waals surface area contributed by atoms with Gasteiger partial charge in [-0.15, -0.1) is 23.7 Å². The number of anilines is 1. The summed E-state index contributed by atoms with van der Waals surface area (Å²) >= 11 is 1.39. The van der Waals surface area contributed by atoms with Crippen molar-refractivity contribution in [1.29, 1.82) is 0 Å².